The molecule has 9 heteroatoms. The highest BCUT2D eigenvalue weighted by atomic mass is 19.4. The predicted molar refractivity (Wildman–Crippen MR) is 97.8 cm³/mol. The van der Waals surface area contributed by atoms with E-state index in [0.717, 1.165) is 52.2 Å². The van der Waals surface area contributed by atoms with E-state index in [1.807, 2.05) is 0 Å². The molecule has 1 fully saturated rings. The molecule has 2 N–H and O–H groups in total. The maximum absolute atomic E-state index is 12.5. The van der Waals surface area contributed by atoms with Crippen LogP contribution in [-0.4, -0.2) is 63.7 Å². The van der Waals surface area contributed by atoms with E-state index in [1.54, 1.807) is 19.2 Å². The first kappa shape index (κ1) is 21.3. The van der Waals surface area contributed by atoms with E-state index >= 15 is 0 Å². The lowest BCUT2D eigenvalue weighted by molar-refractivity contribution is -0.274. The van der Waals surface area contributed by atoms with Gasteiger partial charge < -0.3 is 20.1 Å². The molecule has 0 bridgehead atoms. The first-order valence-corrected chi connectivity index (χ1v) is 9.06. The fourth-order valence-corrected chi connectivity index (χ4v) is 2.77. The average molecular weight is 388 g/mol. The number of benzene rings is 1. The monoisotopic (exact) mass is 388 g/mol. The first-order chi connectivity index (χ1) is 13.0. The molecule has 1 aliphatic rings. The Labute approximate surface area is 157 Å². The number of para-hydroxylation sites is 1. The molecule has 1 aliphatic heterocycles. The van der Waals surface area contributed by atoms with Crippen molar-refractivity contribution < 1.29 is 22.6 Å². The van der Waals surface area contributed by atoms with Gasteiger partial charge in [-0.1, -0.05) is 18.2 Å². The van der Waals surface area contributed by atoms with Crippen LogP contribution in [0.25, 0.3) is 0 Å². The SMILES string of the molecule is CN=C(NCCCCN1CCOCC1)NCc1ccccc1OC(F)(F)F. The number of halogens is 3. The van der Waals surface area contributed by atoms with Crippen LogP contribution in [0, 0.1) is 0 Å². The van der Waals surface area contributed by atoms with E-state index in [0.29, 0.717) is 11.5 Å². The Bertz CT molecular complexity index is 590. The number of guanidine groups is 1. The van der Waals surface area contributed by atoms with E-state index in [2.05, 4.69) is 25.3 Å². The number of hydrogen-bond donors (Lipinski definition) is 2. The smallest absolute Gasteiger partial charge is 0.405 e. The largest absolute Gasteiger partial charge is 0.573 e. The van der Waals surface area contributed by atoms with Gasteiger partial charge in [-0.2, -0.15) is 0 Å². The minimum absolute atomic E-state index is 0.180. The molecule has 1 heterocycles. The van der Waals surface area contributed by atoms with Gasteiger partial charge in [-0.05, 0) is 25.5 Å². The summed E-state index contributed by atoms with van der Waals surface area (Å²) in [6.07, 6.45) is -2.67. The Morgan fingerprint density at radius 1 is 1.19 bits per heavy atom. The highest BCUT2D eigenvalue weighted by Crippen LogP contribution is 2.25. The van der Waals surface area contributed by atoms with Crippen molar-refractivity contribution >= 4 is 5.96 Å². The molecule has 1 aromatic rings. The van der Waals surface area contributed by atoms with Crippen molar-refractivity contribution in [2.75, 3.05) is 46.4 Å². The van der Waals surface area contributed by atoms with Crippen molar-refractivity contribution in [3.8, 4) is 5.75 Å². The molecule has 1 aromatic carbocycles. The Hall–Kier alpha value is -2.00. The highest BCUT2D eigenvalue weighted by Gasteiger charge is 2.31. The summed E-state index contributed by atoms with van der Waals surface area (Å²) in [5, 5.41) is 6.19. The maximum atomic E-state index is 12.5. The van der Waals surface area contributed by atoms with E-state index in [4.69, 9.17) is 4.74 Å². The maximum Gasteiger partial charge on any atom is 0.573 e. The van der Waals surface area contributed by atoms with E-state index < -0.39 is 6.36 Å². The molecule has 0 saturated carbocycles. The molecule has 0 aliphatic carbocycles. The van der Waals surface area contributed by atoms with Crippen LogP contribution in [0.15, 0.2) is 29.3 Å². The zero-order chi connectivity index (χ0) is 19.5. The average Bonchev–Trinajstić information content (AvgIpc) is 2.64. The zero-order valence-corrected chi connectivity index (χ0v) is 15.5. The van der Waals surface area contributed by atoms with Crippen molar-refractivity contribution in [2.24, 2.45) is 4.99 Å². The number of aliphatic imine (C=N–C) groups is 1. The van der Waals surface area contributed by atoms with Crippen molar-refractivity contribution in [3.63, 3.8) is 0 Å². The van der Waals surface area contributed by atoms with E-state index in [-0.39, 0.29) is 12.3 Å². The van der Waals surface area contributed by atoms with Gasteiger partial charge in [0.2, 0.25) is 0 Å². The molecule has 0 radical (unpaired) electrons. The summed E-state index contributed by atoms with van der Waals surface area (Å²) in [7, 11) is 1.63. The summed E-state index contributed by atoms with van der Waals surface area (Å²) in [6, 6.07) is 6.06. The third-order valence-corrected chi connectivity index (χ3v) is 4.17. The van der Waals surface area contributed by atoms with Gasteiger partial charge in [0.05, 0.1) is 13.2 Å². The highest BCUT2D eigenvalue weighted by molar-refractivity contribution is 5.79. The third-order valence-electron chi connectivity index (χ3n) is 4.17. The second-order valence-electron chi connectivity index (χ2n) is 6.17. The van der Waals surface area contributed by atoms with Crippen molar-refractivity contribution in [2.45, 2.75) is 25.7 Å². The third kappa shape index (κ3) is 8.49. The van der Waals surface area contributed by atoms with E-state index in [1.165, 1.54) is 12.1 Å². The topological polar surface area (TPSA) is 58.1 Å². The van der Waals surface area contributed by atoms with Crippen LogP contribution < -0.4 is 15.4 Å². The molecule has 0 spiro atoms. The molecule has 0 unspecified atom stereocenters. The molecule has 0 atom stereocenters. The second kappa shape index (κ2) is 11.0. The molecule has 6 nitrogen and oxygen atoms in total. The Kier molecular flexibility index (Phi) is 8.66. The first-order valence-electron chi connectivity index (χ1n) is 9.06. The van der Waals surface area contributed by atoms with Gasteiger partial charge in [-0.25, -0.2) is 0 Å². The zero-order valence-electron chi connectivity index (χ0n) is 15.5. The number of nitrogens with one attached hydrogen (secondary N) is 2. The molecule has 152 valence electrons. The van der Waals surface area contributed by atoms with Crippen LogP contribution in [0.4, 0.5) is 13.2 Å². The number of unbranched alkanes of at least 4 members (excludes halogenated alkanes) is 1. The number of hydrogen-bond acceptors (Lipinski definition) is 4. The minimum atomic E-state index is -4.71. The molecule has 0 amide bonds. The van der Waals surface area contributed by atoms with Crippen LogP contribution in [-0.2, 0) is 11.3 Å². The number of alkyl halides is 3. The lowest BCUT2D eigenvalue weighted by atomic mass is 10.2. The Balaban J connectivity index is 1.69. The number of morpholine rings is 1. The van der Waals surface area contributed by atoms with Gasteiger partial charge in [0.25, 0.3) is 0 Å². The summed E-state index contributed by atoms with van der Waals surface area (Å²) >= 11 is 0. The lowest BCUT2D eigenvalue weighted by Crippen LogP contribution is -2.38. The summed E-state index contributed by atoms with van der Waals surface area (Å²) in [6.45, 7) is 5.53. The molecular weight excluding hydrogens is 361 g/mol. The summed E-state index contributed by atoms with van der Waals surface area (Å²) in [5.41, 5.74) is 0.407. The fourth-order valence-electron chi connectivity index (χ4n) is 2.77. The van der Waals surface area contributed by atoms with Crippen LogP contribution >= 0.6 is 0 Å². The van der Waals surface area contributed by atoms with E-state index in [9.17, 15) is 13.2 Å². The quantitative estimate of drug-likeness (QED) is 0.407. The van der Waals surface area contributed by atoms with Crippen LogP contribution in [0.2, 0.25) is 0 Å². The number of nitrogens with zero attached hydrogens (tertiary/aromatic N) is 2. The van der Waals surface area contributed by atoms with Crippen LogP contribution in [0.3, 0.4) is 0 Å². The predicted octanol–water partition coefficient (Wildman–Crippen LogP) is 2.36. The summed E-state index contributed by atoms with van der Waals surface area (Å²) in [4.78, 5) is 6.48. The second-order valence-corrected chi connectivity index (χ2v) is 6.17. The Morgan fingerprint density at radius 2 is 1.93 bits per heavy atom. The Morgan fingerprint density at radius 3 is 2.63 bits per heavy atom. The molecule has 0 aromatic heterocycles. The van der Waals surface area contributed by atoms with Crippen molar-refractivity contribution in [3.05, 3.63) is 29.8 Å². The van der Waals surface area contributed by atoms with Gasteiger partial charge >= 0.3 is 6.36 Å². The van der Waals surface area contributed by atoms with Crippen molar-refractivity contribution in [1.82, 2.24) is 15.5 Å². The van der Waals surface area contributed by atoms with Crippen LogP contribution in [0.1, 0.15) is 18.4 Å². The molecule has 27 heavy (non-hydrogen) atoms. The van der Waals surface area contributed by atoms with Gasteiger partial charge in [-0.15, -0.1) is 13.2 Å². The summed E-state index contributed by atoms with van der Waals surface area (Å²) in [5.74, 6) is 0.335. The molecule has 2 rings (SSSR count). The fraction of sp³-hybridized carbons (Fsp3) is 0.611. The van der Waals surface area contributed by atoms with Gasteiger partial charge in [0.1, 0.15) is 5.75 Å². The summed E-state index contributed by atoms with van der Waals surface area (Å²) < 4.78 is 46.8. The normalized spacial score (nSPS) is 16.2. The number of rotatable bonds is 8. The standard InChI is InChI=1S/C18H27F3N4O2/c1-22-17(23-8-4-5-9-25-10-12-26-13-11-25)24-14-15-6-2-3-7-16(15)27-18(19,20)21/h2-3,6-7H,4-5,8-14H2,1H3,(H2,22,23,24). The lowest BCUT2D eigenvalue weighted by Gasteiger charge is -2.26. The molecule has 1 saturated heterocycles. The molecular formula is C18H27F3N4O2. The number of ether oxygens (including phenoxy) is 2. The van der Waals surface area contributed by atoms with Gasteiger partial charge in [0.15, 0.2) is 5.96 Å². The van der Waals surface area contributed by atoms with Gasteiger partial charge in [-0.3, -0.25) is 9.89 Å². The van der Waals surface area contributed by atoms with Gasteiger partial charge in [0, 0.05) is 38.8 Å². The minimum Gasteiger partial charge on any atom is -0.405 e. The van der Waals surface area contributed by atoms with Crippen molar-refractivity contribution in [1.29, 1.82) is 0 Å². The van der Waals surface area contributed by atoms with Crippen LogP contribution in [0.5, 0.6) is 5.75 Å².